The number of benzene rings is 2. The highest BCUT2D eigenvalue weighted by atomic mass is 16.7. The molecule has 0 aromatic heterocycles. The second-order valence-electron chi connectivity index (χ2n) is 4.70. The third-order valence-corrected chi connectivity index (χ3v) is 3.14. The SMILES string of the molecule is NOC(=O)c1ccccc1NC(=O)/C=C/c1ccc(N=O)c(N=O)c1. The number of amides is 1. The van der Waals surface area contributed by atoms with Gasteiger partial charge in [-0.3, -0.25) is 4.79 Å². The number of nitrogens with one attached hydrogen (secondary N) is 1. The number of para-hydroxylation sites is 1. The van der Waals surface area contributed by atoms with Gasteiger partial charge in [0.2, 0.25) is 5.91 Å². The van der Waals surface area contributed by atoms with Crippen LogP contribution in [0.15, 0.2) is 58.9 Å². The van der Waals surface area contributed by atoms with Gasteiger partial charge in [-0.05, 0) is 46.3 Å². The van der Waals surface area contributed by atoms with E-state index in [-0.39, 0.29) is 22.6 Å². The van der Waals surface area contributed by atoms with E-state index in [2.05, 4.69) is 20.5 Å². The lowest BCUT2D eigenvalue weighted by Crippen LogP contribution is -2.15. The minimum absolute atomic E-state index is 0.0918. The Morgan fingerprint density at radius 2 is 1.76 bits per heavy atom. The molecule has 0 unspecified atom stereocenters. The molecule has 2 rings (SSSR count). The van der Waals surface area contributed by atoms with Gasteiger partial charge < -0.3 is 10.2 Å². The average Bonchev–Trinajstić information content (AvgIpc) is 2.65. The Bertz CT molecular complexity index is 863. The van der Waals surface area contributed by atoms with E-state index >= 15 is 0 Å². The fraction of sp³-hybridized carbons (Fsp3) is 0. The van der Waals surface area contributed by atoms with Crippen LogP contribution in [0.2, 0.25) is 0 Å². The number of hydrogen-bond donors (Lipinski definition) is 2. The zero-order valence-electron chi connectivity index (χ0n) is 12.7. The minimum Gasteiger partial charge on any atom is -0.370 e. The molecule has 25 heavy (non-hydrogen) atoms. The van der Waals surface area contributed by atoms with Crippen LogP contribution in [0, 0.1) is 9.81 Å². The van der Waals surface area contributed by atoms with Crippen molar-refractivity contribution in [1.82, 2.24) is 0 Å². The Labute approximate surface area is 141 Å². The van der Waals surface area contributed by atoms with Gasteiger partial charge in [-0.1, -0.05) is 18.2 Å². The smallest absolute Gasteiger partial charge is 0.358 e. The molecular formula is C16H12N4O5. The minimum atomic E-state index is -0.793. The first-order valence-corrected chi connectivity index (χ1v) is 6.89. The first kappa shape index (κ1) is 17.6. The highest BCUT2D eigenvalue weighted by Crippen LogP contribution is 2.28. The van der Waals surface area contributed by atoms with E-state index < -0.39 is 11.9 Å². The van der Waals surface area contributed by atoms with E-state index in [1.165, 1.54) is 42.5 Å². The van der Waals surface area contributed by atoms with E-state index in [1.54, 1.807) is 12.1 Å². The molecule has 0 saturated carbocycles. The largest absolute Gasteiger partial charge is 0.370 e. The lowest BCUT2D eigenvalue weighted by atomic mass is 10.1. The lowest BCUT2D eigenvalue weighted by molar-refractivity contribution is -0.111. The number of carbonyl (C=O) groups is 2. The summed E-state index contributed by atoms with van der Waals surface area (Å²) in [6.45, 7) is 0. The van der Waals surface area contributed by atoms with Crippen LogP contribution in [-0.4, -0.2) is 11.9 Å². The third kappa shape index (κ3) is 4.39. The van der Waals surface area contributed by atoms with Crippen LogP contribution in [0.4, 0.5) is 17.1 Å². The fourth-order valence-electron chi connectivity index (χ4n) is 1.97. The number of nitrogens with zero attached hydrogens (tertiary/aromatic N) is 2. The number of nitrogens with two attached hydrogens (primary N) is 1. The van der Waals surface area contributed by atoms with Crippen LogP contribution in [0.5, 0.6) is 0 Å². The number of carbonyl (C=O) groups excluding carboxylic acids is 2. The lowest BCUT2D eigenvalue weighted by Gasteiger charge is -2.07. The Hall–Kier alpha value is -3.72. The van der Waals surface area contributed by atoms with Crippen molar-refractivity contribution in [2.45, 2.75) is 0 Å². The fourth-order valence-corrected chi connectivity index (χ4v) is 1.97. The van der Waals surface area contributed by atoms with Crippen molar-refractivity contribution in [1.29, 1.82) is 0 Å². The van der Waals surface area contributed by atoms with Gasteiger partial charge in [0.1, 0.15) is 11.4 Å². The van der Waals surface area contributed by atoms with E-state index in [9.17, 15) is 19.4 Å². The van der Waals surface area contributed by atoms with E-state index in [4.69, 9.17) is 5.90 Å². The number of nitroso groups, excluding NO2 is 2. The summed E-state index contributed by atoms with van der Waals surface area (Å²) >= 11 is 0. The molecule has 126 valence electrons. The van der Waals surface area contributed by atoms with Gasteiger partial charge in [0.05, 0.1) is 11.3 Å². The van der Waals surface area contributed by atoms with Crippen molar-refractivity contribution in [3.63, 3.8) is 0 Å². The van der Waals surface area contributed by atoms with Crippen molar-refractivity contribution in [3.8, 4) is 0 Å². The van der Waals surface area contributed by atoms with Gasteiger partial charge in [-0.15, -0.1) is 9.81 Å². The van der Waals surface area contributed by atoms with Crippen molar-refractivity contribution in [3.05, 3.63) is 69.5 Å². The second-order valence-corrected chi connectivity index (χ2v) is 4.70. The molecule has 0 fully saturated rings. The van der Waals surface area contributed by atoms with Crippen LogP contribution in [-0.2, 0) is 9.63 Å². The zero-order valence-corrected chi connectivity index (χ0v) is 12.7. The van der Waals surface area contributed by atoms with Crippen LogP contribution in [0.25, 0.3) is 6.08 Å². The maximum absolute atomic E-state index is 12.0. The monoisotopic (exact) mass is 340 g/mol. The molecule has 0 aliphatic rings. The molecule has 3 N–H and O–H groups in total. The Morgan fingerprint density at radius 3 is 2.44 bits per heavy atom. The van der Waals surface area contributed by atoms with Gasteiger partial charge in [-0.2, -0.15) is 5.90 Å². The summed E-state index contributed by atoms with van der Waals surface area (Å²) in [6.07, 6.45) is 2.59. The summed E-state index contributed by atoms with van der Waals surface area (Å²) in [4.78, 5) is 48.8. The van der Waals surface area contributed by atoms with E-state index in [1.807, 2.05) is 0 Å². The first-order chi connectivity index (χ1) is 12.1. The highest BCUT2D eigenvalue weighted by Gasteiger charge is 2.12. The maximum atomic E-state index is 12.0. The zero-order chi connectivity index (χ0) is 18.2. The molecule has 0 saturated heterocycles. The maximum Gasteiger partial charge on any atom is 0.358 e. The van der Waals surface area contributed by atoms with Gasteiger partial charge in [0.25, 0.3) is 0 Å². The summed E-state index contributed by atoms with van der Waals surface area (Å²) in [7, 11) is 0. The quantitative estimate of drug-likeness (QED) is 0.470. The molecule has 0 heterocycles. The molecule has 2 aromatic carbocycles. The number of rotatable bonds is 6. The third-order valence-electron chi connectivity index (χ3n) is 3.14. The van der Waals surface area contributed by atoms with Gasteiger partial charge in [-0.25, -0.2) is 4.79 Å². The topological polar surface area (TPSA) is 140 Å². The van der Waals surface area contributed by atoms with Crippen LogP contribution in [0.3, 0.4) is 0 Å². The van der Waals surface area contributed by atoms with Crippen LogP contribution < -0.4 is 11.2 Å². The summed E-state index contributed by atoms with van der Waals surface area (Å²) in [5.41, 5.74) is 0.565. The molecule has 0 bridgehead atoms. The summed E-state index contributed by atoms with van der Waals surface area (Å²) in [6, 6.07) is 10.3. The molecule has 9 heteroatoms. The summed E-state index contributed by atoms with van der Waals surface area (Å²) in [5, 5.41) is 7.87. The molecular weight excluding hydrogens is 328 g/mol. The molecule has 0 atom stereocenters. The van der Waals surface area contributed by atoms with Crippen molar-refractivity contribution >= 4 is 35.0 Å². The molecule has 9 nitrogen and oxygen atoms in total. The van der Waals surface area contributed by atoms with Crippen LogP contribution >= 0.6 is 0 Å². The van der Waals surface area contributed by atoms with E-state index in [0.29, 0.717) is 5.56 Å². The Kier molecular flexibility index (Phi) is 5.80. The summed E-state index contributed by atoms with van der Waals surface area (Å²) < 4.78 is 0. The molecule has 0 spiro atoms. The predicted molar refractivity (Wildman–Crippen MR) is 91.1 cm³/mol. The standard InChI is InChI=1S/C16H12N4O5/c17-25-16(22)11-3-1-2-4-12(11)18-15(21)8-6-10-5-7-13(19-23)14(9-10)20-24/h1-9H,17H2,(H,18,21)/b8-6+. The van der Waals surface area contributed by atoms with Gasteiger partial charge in [0, 0.05) is 6.08 Å². The van der Waals surface area contributed by atoms with Crippen molar-refractivity contribution < 1.29 is 14.4 Å². The predicted octanol–water partition coefficient (Wildman–Crippen LogP) is 3.16. The van der Waals surface area contributed by atoms with Gasteiger partial charge >= 0.3 is 5.97 Å². The summed E-state index contributed by atoms with van der Waals surface area (Å²) in [5.74, 6) is 3.52. The Balaban J connectivity index is 2.16. The first-order valence-electron chi connectivity index (χ1n) is 6.89. The average molecular weight is 340 g/mol. The normalized spacial score (nSPS) is 10.3. The molecule has 0 radical (unpaired) electrons. The van der Waals surface area contributed by atoms with Crippen LogP contribution in [0.1, 0.15) is 15.9 Å². The highest BCUT2D eigenvalue weighted by molar-refractivity contribution is 6.06. The second kappa shape index (κ2) is 8.22. The molecule has 1 amide bonds. The molecule has 2 aromatic rings. The number of hydrogen-bond acceptors (Lipinski definition) is 8. The Morgan fingerprint density at radius 1 is 1.04 bits per heavy atom. The molecule has 0 aliphatic carbocycles. The molecule has 0 aliphatic heterocycles. The number of anilines is 1. The van der Waals surface area contributed by atoms with Crippen molar-refractivity contribution in [2.75, 3.05) is 5.32 Å². The van der Waals surface area contributed by atoms with Crippen molar-refractivity contribution in [2.24, 2.45) is 16.3 Å². The van der Waals surface area contributed by atoms with Gasteiger partial charge in [0.15, 0.2) is 0 Å². The van der Waals surface area contributed by atoms with E-state index in [0.717, 1.165) is 0 Å².